The molecule has 0 atom stereocenters. The van der Waals surface area contributed by atoms with Gasteiger partial charge in [-0.1, -0.05) is 6.07 Å². The van der Waals surface area contributed by atoms with Crippen molar-refractivity contribution in [2.45, 2.75) is 0 Å². The van der Waals surface area contributed by atoms with Gasteiger partial charge in [0, 0.05) is 32.4 Å². The topological polar surface area (TPSA) is 66.5 Å². The number of nitrogens with one attached hydrogen (secondary N) is 2. The van der Waals surface area contributed by atoms with Crippen LogP contribution in [0.25, 0.3) is 0 Å². The molecule has 0 radical (unpaired) electrons. The van der Waals surface area contributed by atoms with E-state index >= 15 is 0 Å². The van der Waals surface area contributed by atoms with Crippen LogP contribution in [0.4, 0.5) is 10.6 Å². The average molecular weight is 250 g/mol. The van der Waals surface area contributed by atoms with Gasteiger partial charge in [0.1, 0.15) is 5.82 Å². The lowest BCUT2D eigenvalue weighted by atomic mass is 10.4. The highest BCUT2D eigenvalue weighted by molar-refractivity contribution is 5.74. The average Bonchev–Trinajstić information content (AvgIpc) is 2.45. The number of aromatic nitrogens is 1. The second-order valence-electron chi connectivity index (χ2n) is 3.97. The van der Waals surface area contributed by atoms with E-state index in [-0.39, 0.29) is 6.03 Å². The number of ether oxygens (including phenoxy) is 1. The first kappa shape index (κ1) is 12.6. The summed E-state index contributed by atoms with van der Waals surface area (Å²) < 4.78 is 5.19. The molecule has 1 aliphatic rings. The van der Waals surface area contributed by atoms with Crippen molar-refractivity contribution in [3.05, 3.63) is 24.4 Å². The molecule has 1 fully saturated rings. The molecule has 6 heteroatoms. The Labute approximate surface area is 106 Å². The first-order valence-electron chi connectivity index (χ1n) is 6.12. The third-order valence-corrected chi connectivity index (χ3v) is 2.67. The predicted molar refractivity (Wildman–Crippen MR) is 68.5 cm³/mol. The summed E-state index contributed by atoms with van der Waals surface area (Å²) in [5.41, 5.74) is 0. The van der Waals surface area contributed by atoms with Gasteiger partial charge in [-0.15, -0.1) is 0 Å². The Morgan fingerprint density at radius 3 is 2.89 bits per heavy atom. The van der Waals surface area contributed by atoms with Crippen molar-refractivity contribution in [2.24, 2.45) is 0 Å². The van der Waals surface area contributed by atoms with Crippen LogP contribution in [0.3, 0.4) is 0 Å². The van der Waals surface area contributed by atoms with Gasteiger partial charge in [0.15, 0.2) is 0 Å². The van der Waals surface area contributed by atoms with Gasteiger partial charge in [-0.3, -0.25) is 0 Å². The van der Waals surface area contributed by atoms with E-state index in [1.807, 2.05) is 18.2 Å². The molecule has 0 bridgehead atoms. The van der Waals surface area contributed by atoms with Crippen LogP contribution >= 0.6 is 0 Å². The minimum Gasteiger partial charge on any atom is -0.378 e. The maximum Gasteiger partial charge on any atom is 0.317 e. The van der Waals surface area contributed by atoms with Crippen molar-refractivity contribution >= 4 is 11.8 Å². The second-order valence-corrected chi connectivity index (χ2v) is 3.97. The van der Waals surface area contributed by atoms with E-state index in [1.165, 1.54) is 0 Å². The molecule has 1 aliphatic heterocycles. The first-order chi connectivity index (χ1) is 8.86. The van der Waals surface area contributed by atoms with E-state index < -0.39 is 0 Å². The summed E-state index contributed by atoms with van der Waals surface area (Å²) in [7, 11) is 0. The van der Waals surface area contributed by atoms with E-state index in [2.05, 4.69) is 15.6 Å². The highest BCUT2D eigenvalue weighted by atomic mass is 16.5. The van der Waals surface area contributed by atoms with Crippen LogP contribution in [0.1, 0.15) is 0 Å². The molecule has 1 saturated heterocycles. The predicted octanol–water partition coefficient (Wildman–Crippen LogP) is 0.535. The Bertz CT molecular complexity index is 366. The Balaban J connectivity index is 1.61. The van der Waals surface area contributed by atoms with E-state index in [0.717, 1.165) is 5.82 Å². The monoisotopic (exact) mass is 250 g/mol. The number of urea groups is 1. The number of anilines is 1. The summed E-state index contributed by atoms with van der Waals surface area (Å²) in [6.45, 7) is 3.82. The first-order valence-corrected chi connectivity index (χ1v) is 6.12. The van der Waals surface area contributed by atoms with Gasteiger partial charge in [0.05, 0.1) is 13.2 Å². The second kappa shape index (κ2) is 6.80. The van der Waals surface area contributed by atoms with Crippen molar-refractivity contribution in [2.75, 3.05) is 44.7 Å². The molecule has 98 valence electrons. The quantitative estimate of drug-likeness (QED) is 0.765. The maximum absolute atomic E-state index is 11.7. The number of carbonyl (C=O) groups excluding carboxylic acids is 1. The summed E-state index contributed by atoms with van der Waals surface area (Å²) >= 11 is 0. The number of carbonyl (C=O) groups is 1. The molecule has 1 aromatic rings. The molecule has 0 spiro atoms. The van der Waals surface area contributed by atoms with Gasteiger partial charge in [-0.2, -0.15) is 0 Å². The van der Waals surface area contributed by atoms with Gasteiger partial charge in [-0.05, 0) is 12.1 Å². The van der Waals surface area contributed by atoms with Gasteiger partial charge < -0.3 is 20.3 Å². The number of morpholine rings is 1. The van der Waals surface area contributed by atoms with E-state index in [9.17, 15) is 4.79 Å². The smallest absolute Gasteiger partial charge is 0.317 e. The fourth-order valence-corrected chi connectivity index (χ4v) is 1.71. The fraction of sp³-hybridized carbons (Fsp3) is 0.500. The van der Waals surface area contributed by atoms with Crippen molar-refractivity contribution in [1.82, 2.24) is 15.2 Å². The number of hydrogen-bond acceptors (Lipinski definition) is 4. The van der Waals surface area contributed by atoms with Crippen LogP contribution in [-0.2, 0) is 4.74 Å². The van der Waals surface area contributed by atoms with Gasteiger partial charge in [-0.25, -0.2) is 9.78 Å². The van der Waals surface area contributed by atoms with Crippen LogP contribution in [0.5, 0.6) is 0 Å². The minimum absolute atomic E-state index is 0.0267. The highest BCUT2D eigenvalue weighted by Gasteiger charge is 2.15. The third kappa shape index (κ3) is 3.89. The summed E-state index contributed by atoms with van der Waals surface area (Å²) in [6.07, 6.45) is 1.73. The van der Waals surface area contributed by atoms with Crippen molar-refractivity contribution in [3.8, 4) is 0 Å². The Morgan fingerprint density at radius 2 is 2.17 bits per heavy atom. The number of nitrogens with zero attached hydrogens (tertiary/aromatic N) is 2. The molecular formula is C12H18N4O2. The molecule has 0 aromatic carbocycles. The normalized spacial score (nSPS) is 15.2. The zero-order valence-corrected chi connectivity index (χ0v) is 10.3. The molecule has 6 nitrogen and oxygen atoms in total. The summed E-state index contributed by atoms with van der Waals surface area (Å²) in [6, 6.07) is 5.65. The van der Waals surface area contributed by atoms with Crippen molar-refractivity contribution in [1.29, 1.82) is 0 Å². The number of hydrogen-bond donors (Lipinski definition) is 2. The molecule has 2 N–H and O–H groups in total. The molecule has 1 aromatic heterocycles. The zero-order valence-electron chi connectivity index (χ0n) is 10.3. The summed E-state index contributed by atoms with van der Waals surface area (Å²) in [5.74, 6) is 0.818. The van der Waals surface area contributed by atoms with Crippen LogP contribution in [0, 0.1) is 0 Å². The Morgan fingerprint density at radius 1 is 1.33 bits per heavy atom. The lowest BCUT2D eigenvalue weighted by molar-refractivity contribution is 0.0533. The standard InChI is InChI=1S/C12H18N4O2/c17-12(16-7-9-18-10-8-16)15-6-5-14-11-3-1-2-4-13-11/h1-4H,5-10H2,(H,13,14)(H,15,17). The third-order valence-electron chi connectivity index (χ3n) is 2.67. The molecular weight excluding hydrogens is 232 g/mol. The van der Waals surface area contributed by atoms with Crippen molar-refractivity contribution < 1.29 is 9.53 Å². The number of rotatable bonds is 4. The highest BCUT2D eigenvalue weighted by Crippen LogP contribution is 1.98. The molecule has 2 rings (SSSR count). The van der Waals surface area contributed by atoms with Crippen LogP contribution in [-0.4, -0.2) is 55.3 Å². The lowest BCUT2D eigenvalue weighted by Gasteiger charge is -2.26. The zero-order chi connectivity index (χ0) is 12.6. The molecule has 0 saturated carbocycles. The SMILES string of the molecule is O=C(NCCNc1ccccn1)N1CCOCC1. The summed E-state index contributed by atoms with van der Waals surface area (Å²) in [4.78, 5) is 17.6. The van der Waals surface area contributed by atoms with Gasteiger partial charge in [0.2, 0.25) is 0 Å². The van der Waals surface area contributed by atoms with Crippen LogP contribution < -0.4 is 10.6 Å². The molecule has 2 heterocycles. The Kier molecular flexibility index (Phi) is 4.78. The molecule has 18 heavy (non-hydrogen) atoms. The van der Waals surface area contributed by atoms with E-state index in [4.69, 9.17) is 4.74 Å². The van der Waals surface area contributed by atoms with E-state index in [1.54, 1.807) is 11.1 Å². The Hall–Kier alpha value is -1.82. The number of amides is 2. The maximum atomic E-state index is 11.7. The number of pyridine rings is 1. The molecule has 0 unspecified atom stereocenters. The summed E-state index contributed by atoms with van der Waals surface area (Å²) in [5, 5.41) is 6.00. The van der Waals surface area contributed by atoms with Gasteiger partial charge in [0.25, 0.3) is 0 Å². The largest absolute Gasteiger partial charge is 0.378 e. The fourth-order valence-electron chi connectivity index (χ4n) is 1.71. The van der Waals surface area contributed by atoms with Gasteiger partial charge >= 0.3 is 6.03 Å². The van der Waals surface area contributed by atoms with Crippen LogP contribution in [0.2, 0.25) is 0 Å². The van der Waals surface area contributed by atoms with E-state index in [0.29, 0.717) is 39.4 Å². The molecule has 0 aliphatic carbocycles. The van der Waals surface area contributed by atoms with Crippen LogP contribution in [0.15, 0.2) is 24.4 Å². The molecule has 2 amide bonds. The minimum atomic E-state index is -0.0267. The van der Waals surface area contributed by atoms with Crippen molar-refractivity contribution in [3.63, 3.8) is 0 Å². The lowest BCUT2D eigenvalue weighted by Crippen LogP contribution is -2.47.